The normalized spacial score (nSPS) is 16.6. The van der Waals surface area contributed by atoms with E-state index in [1.807, 2.05) is 4.90 Å². The van der Waals surface area contributed by atoms with E-state index < -0.39 is 11.7 Å². The molecule has 4 nitrogen and oxygen atoms in total. The molecule has 0 aromatic heterocycles. The number of halogens is 3. The molecule has 1 aromatic carbocycles. The molecule has 0 radical (unpaired) electrons. The average Bonchev–Trinajstić information content (AvgIpc) is 2.45. The van der Waals surface area contributed by atoms with E-state index in [9.17, 15) is 18.0 Å². The van der Waals surface area contributed by atoms with Crippen molar-refractivity contribution in [1.82, 2.24) is 0 Å². The second-order valence-electron chi connectivity index (χ2n) is 5.01. The number of carbonyl (C=O) groups is 1. The zero-order valence-corrected chi connectivity index (χ0v) is 11.2. The smallest absolute Gasteiger partial charge is 0.370 e. The summed E-state index contributed by atoms with van der Waals surface area (Å²) in [7, 11) is 0. The maximum Gasteiger partial charge on any atom is 0.416 e. The largest absolute Gasteiger partial charge is 0.416 e. The zero-order valence-electron chi connectivity index (χ0n) is 11.2. The third-order valence-electron chi connectivity index (χ3n) is 3.68. The Morgan fingerprint density at radius 2 is 1.95 bits per heavy atom. The molecule has 1 amide bonds. The Balaban J connectivity index is 2.22. The minimum absolute atomic E-state index is 0.0117. The number of piperidine rings is 1. The van der Waals surface area contributed by atoms with Gasteiger partial charge in [-0.15, -0.1) is 0 Å². The number of nitriles is 1. The van der Waals surface area contributed by atoms with Gasteiger partial charge in [0, 0.05) is 19.0 Å². The molecule has 1 aliphatic heterocycles. The molecule has 1 saturated heterocycles. The summed E-state index contributed by atoms with van der Waals surface area (Å²) in [6.45, 7) is 0.987. The number of anilines is 1. The Bertz CT molecular complexity index is 584. The summed E-state index contributed by atoms with van der Waals surface area (Å²) in [5.74, 6) is -0.566. The van der Waals surface area contributed by atoms with Crippen LogP contribution in [0.4, 0.5) is 18.9 Å². The summed E-state index contributed by atoms with van der Waals surface area (Å²) in [5.41, 5.74) is 4.86. The molecule has 0 aliphatic carbocycles. The highest BCUT2D eigenvalue weighted by Gasteiger charge is 2.32. The number of alkyl halides is 3. The van der Waals surface area contributed by atoms with Gasteiger partial charge in [0.05, 0.1) is 16.8 Å². The molecule has 0 atom stereocenters. The van der Waals surface area contributed by atoms with Crippen LogP contribution in [0.2, 0.25) is 0 Å². The van der Waals surface area contributed by atoms with Crippen molar-refractivity contribution in [2.75, 3.05) is 18.0 Å². The predicted molar refractivity (Wildman–Crippen MR) is 70.3 cm³/mol. The van der Waals surface area contributed by atoms with Crippen LogP contribution < -0.4 is 10.6 Å². The average molecular weight is 297 g/mol. The van der Waals surface area contributed by atoms with Crippen LogP contribution >= 0.6 is 0 Å². The van der Waals surface area contributed by atoms with Crippen LogP contribution in [-0.2, 0) is 11.0 Å². The third kappa shape index (κ3) is 3.27. The number of primary amides is 1. The van der Waals surface area contributed by atoms with Crippen LogP contribution in [0.3, 0.4) is 0 Å². The van der Waals surface area contributed by atoms with Crippen molar-refractivity contribution in [3.63, 3.8) is 0 Å². The number of rotatable bonds is 2. The van der Waals surface area contributed by atoms with Crippen LogP contribution in [0.1, 0.15) is 24.0 Å². The summed E-state index contributed by atoms with van der Waals surface area (Å²) in [6, 6.07) is 4.94. The molecule has 0 unspecified atom stereocenters. The molecule has 0 spiro atoms. The molecule has 1 heterocycles. The topological polar surface area (TPSA) is 70.1 Å². The first-order valence-electron chi connectivity index (χ1n) is 6.48. The molecule has 1 aliphatic rings. The summed E-state index contributed by atoms with van der Waals surface area (Å²) < 4.78 is 37.9. The number of benzene rings is 1. The van der Waals surface area contributed by atoms with Crippen molar-refractivity contribution < 1.29 is 18.0 Å². The molecule has 21 heavy (non-hydrogen) atoms. The van der Waals surface area contributed by atoms with Crippen LogP contribution in [0.5, 0.6) is 0 Å². The van der Waals surface area contributed by atoms with E-state index in [4.69, 9.17) is 11.0 Å². The van der Waals surface area contributed by atoms with E-state index in [0.29, 0.717) is 31.6 Å². The minimum Gasteiger partial charge on any atom is -0.370 e. The Morgan fingerprint density at radius 1 is 1.33 bits per heavy atom. The summed E-state index contributed by atoms with van der Waals surface area (Å²) in [6.07, 6.45) is -3.38. The SMILES string of the molecule is N#Cc1cc(C(F)(F)F)ccc1N1CCC(C(N)=O)CC1. The molecular weight excluding hydrogens is 283 g/mol. The first-order chi connectivity index (χ1) is 9.82. The van der Waals surface area contributed by atoms with E-state index in [-0.39, 0.29) is 17.4 Å². The van der Waals surface area contributed by atoms with Gasteiger partial charge < -0.3 is 10.6 Å². The predicted octanol–water partition coefficient (Wildman–Crippen LogP) is 2.28. The van der Waals surface area contributed by atoms with Crippen molar-refractivity contribution in [2.24, 2.45) is 11.7 Å². The molecule has 1 aromatic rings. The van der Waals surface area contributed by atoms with Crippen LogP contribution in [-0.4, -0.2) is 19.0 Å². The zero-order chi connectivity index (χ0) is 15.6. The first kappa shape index (κ1) is 15.2. The molecular formula is C14H14F3N3O. The number of nitrogens with zero attached hydrogens (tertiary/aromatic N) is 2. The lowest BCUT2D eigenvalue weighted by Crippen LogP contribution is -2.38. The van der Waals surface area contributed by atoms with Gasteiger partial charge in [-0.3, -0.25) is 4.79 Å². The van der Waals surface area contributed by atoms with E-state index in [1.54, 1.807) is 6.07 Å². The number of amides is 1. The maximum absolute atomic E-state index is 12.6. The molecule has 0 saturated carbocycles. The Kier molecular flexibility index (Phi) is 4.07. The Hall–Kier alpha value is -2.23. The summed E-state index contributed by atoms with van der Waals surface area (Å²) in [4.78, 5) is 12.9. The summed E-state index contributed by atoms with van der Waals surface area (Å²) in [5, 5.41) is 9.06. The minimum atomic E-state index is -4.47. The quantitative estimate of drug-likeness (QED) is 0.910. The van der Waals surface area contributed by atoms with E-state index in [0.717, 1.165) is 12.1 Å². The van der Waals surface area contributed by atoms with Crippen LogP contribution in [0.15, 0.2) is 18.2 Å². The Morgan fingerprint density at radius 3 is 2.43 bits per heavy atom. The second-order valence-corrected chi connectivity index (χ2v) is 5.01. The highest BCUT2D eigenvalue weighted by Crippen LogP contribution is 2.33. The highest BCUT2D eigenvalue weighted by molar-refractivity contribution is 5.77. The molecule has 0 bridgehead atoms. The van der Waals surface area contributed by atoms with Crippen LogP contribution in [0, 0.1) is 17.2 Å². The second kappa shape index (κ2) is 5.64. The molecule has 2 N–H and O–H groups in total. The molecule has 1 fully saturated rings. The maximum atomic E-state index is 12.6. The van der Waals surface area contributed by atoms with Gasteiger partial charge in [0.25, 0.3) is 0 Å². The van der Waals surface area contributed by atoms with E-state index in [2.05, 4.69) is 0 Å². The monoisotopic (exact) mass is 297 g/mol. The number of nitrogens with two attached hydrogens (primary N) is 1. The fourth-order valence-electron chi connectivity index (χ4n) is 2.48. The van der Waals surface area contributed by atoms with E-state index in [1.165, 1.54) is 6.07 Å². The van der Waals surface area contributed by atoms with Gasteiger partial charge >= 0.3 is 6.18 Å². The fourth-order valence-corrected chi connectivity index (χ4v) is 2.48. The van der Waals surface area contributed by atoms with Gasteiger partial charge in [0.1, 0.15) is 6.07 Å². The fraction of sp³-hybridized carbons (Fsp3) is 0.429. The van der Waals surface area contributed by atoms with Crippen molar-refractivity contribution in [2.45, 2.75) is 19.0 Å². The highest BCUT2D eigenvalue weighted by atomic mass is 19.4. The number of hydrogen-bond donors (Lipinski definition) is 1. The van der Waals surface area contributed by atoms with Gasteiger partial charge in [-0.2, -0.15) is 18.4 Å². The summed E-state index contributed by atoms with van der Waals surface area (Å²) >= 11 is 0. The Labute approximate surface area is 119 Å². The lowest BCUT2D eigenvalue weighted by Gasteiger charge is -2.33. The van der Waals surface area contributed by atoms with Gasteiger partial charge in [-0.05, 0) is 31.0 Å². The van der Waals surface area contributed by atoms with Crippen molar-refractivity contribution in [3.05, 3.63) is 29.3 Å². The van der Waals surface area contributed by atoms with Crippen molar-refractivity contribution >= 4 is 11.6 Å². The lowest BCUT2D eigenvalue weighted by atomic mass is 9.95. The van der Waals surface area contributed by atoms with E-state index >= 15 is 0 Å². The lowest BCUT2D eigenvalue weighted by molar-refractivity contribution is -0.137. The number of carbonyl (C=O) groups excluding carboxylic acids is 1. The molecule has 112 valence electrons. The van der Waals surface area contributed by atoms with Crippen molar-refractivity contribution in [3.8, 4) is 6.07 Å². The van der Waals surface area contributed by atoms with Gasteiger partial charge in [-0.25, -0.2) is 0 Å². The first-order valence-corrected chi connectivity index (χ1v) is 6.48. The molecule has 2 rings (SSSR count). The van der Waals surface area contributed by atoms with Gasteiger partial charge in [0.15, 0.2) is 0 Å². The molecule has 7 heteroatoms. The third-order valence-corrected chi connectivity index (χ3v) is 3.68. The van der Waals surface area contributed by atoms with Gasteiger partial charge in [-0.1, -0.05) is 0 Å². The van der Waals surface area contributed by atoms with Crippen LogP contribution in [0.25, 0.3) is 0 Å². The van der Waals surface area contributed by atoms with Gasteiger partial charge in [0.2, 0.25) is 5.91 Å². The standard InChI is InChI=1S/C14H14F3N3O/c15-14(16,17)11-1-2-12(10(7-11)8-18)20-5-3-9(4-6-20)13(19)21/h1-2,7,9H,3-6H2,(H2,19,21). The van der Waals surface area contributed by atoms with Crippen molar-refractivity contribution in [1.29, 1.82) is 5.26 Å². The number of hydrogen-bond acceptors (Lipinski definition) is 3.